The number of fused-ring (bicyclic) bond motifs is 1. The van der Waals surface area contributed by atoms with E-state index in [0.29, 0.717) is 29.8 Å². The summed E-state index contributed by atoms with van der Waals surface area (Å²) in [6.07, 6.45) is 5.90. The molecule has 180 valence electrons. The van der Waals surface area contributed by atoms with Gasteiger partial charge in [0.05, 0.1) is 17.7 Å². The molecule has 0 saturated heterocycles. The summed E-state index contributed by atoms with van der Waals surface area (Å²) in [5.41, 5.74) is 5.00. The molecule has 1 amide bonds. The molecule has 1 fully saturated rings. The summed E-state index contributed by atoms with van der Waals surface area (Å²) in [6, 6.07) is 19.4. The first-order valence-corrected chi connectivity index (χ1v) is 12.4. The van der Waals surface area contributed by atoms with Crippen molar-refractivity contribution in [1.82, 2.24) is 4.90 Å². The zero-order chi connectivity index (χ0) is 24.4. The minimum Gasteiger partial charge on any atom is -0.489 e. The van der Waals surface area contributed by atoms with E-state index in [1.165, 1.54) is 26.4 Å². The highest BCUT2D eigenvalue weighted by atomic mass is 35.5. The van der Waals surface area contributed by atoms with E-state index in [1.807, 2.05) is 53.4 Å². The Labute approximate surface area is 210 Å². The van der Waals surface area contributed by atoms with Crippen LogP contribution in [-0.4, -0.2) is 29.9 Å². The van der Waals surface area contributed by atoms with Crippen LogP contribution in [-0.2, 0) is 17.9 Å². The molecule has 1 aliphatic carbocycles. The van der Waals surface area contributed by atoms with Crippen molar-refractivity contribution < 1.29 is 19.1 Å². The summed E-state index contributed by atoms with van der Waals surface area (Å²) in [5.74, 6) is 0.445. The maximum absolute atomic E-state index is 12.9. The number of rotatable bonds is 6. The average Bonchev–Trinajstić information content (AvgIpc) is 3.23. The Morgan fingerprint density at radius 2 is 1.80 bits per heavy atom. The Hall–Kier alpha value is -3.31. The smallest absolute Gasteiger partial charge is 0.339 e. The van der Waals surface area contributed by atoms with Crippen molar-refractivity contribution in [3.63, 3.8) is 0 Å². The first kappa shape index (κ1) is 23.4. The second-order valence-corrected chi connectivity index (χ2v) is 9.63. The standard InChI is InChI=1S/C29H28ClNO4/c1-34-29(33)26-16-21(10-13-27(26)30)20-7-5-6-19(14-20)18-35-24-11-12-25-22(15-24)17-31(28(25)32)23-8-3-2-4-9-23/h5-7,10-16,23H,2-4,8-9,17-18H2,1H3. The van der Waals surface area contributed by atoms with Gasteiger partial charge in [-0.15, -0.1) is 0 Å². The number of amides is 1. The lowest BCUT2D eigenvalue weighted by Gasteiger charge is -2.30. The van der Waals surface area contributed by atoms with Crippen LogP contribution in [0.4, 0.5) is 0 Å². The maximum atomic E-state index is 12.9. The molecule has 2 aliphatic rings. The van der Waals surface area contributed by atoms with E-state index >= 15 is 0 Å². The highest BCUT2D eigenvalue weighted by Gasteiger charge is 2.33. The number of hydrogen-bond acceptors (Lipinski definition) is 4. The van der Waals surface area contributed by atoms with Gasteiger partial charge < -0.3 is 14.4 Å². The number of esters is 1. The summed E-state index contributed by atoms with van der Waals surface area (Å²) >= 11 is 6.16. The fraction of sp³-hybridized carbons (Fsp3) is 0.310. The molecule has 0 aromatic heterocycles. The molecule has 0 bridgehead atoms. The van der Waals surface area contributed by atoms with E-state index in [2.05, 4.69) is 0 Å². The molecule has 0 spiro atoms. The third kappa shape index (κ3) is 4.92. The second-order valence-electron chi connectivity index (χ2n) is 9.22. The van der Waals surface area contributed by atoms with E-state index in [0.717, 1.165) is 46.4 Å². The van der Waals surface area contributed by atoms with Crippen molar-refractivity contribution >= 4 is 23.5 Å². The number of hydrogen-bond donors (Lipinski definition) is 0. The summed E-state index contributed by atoms with van der Waals surface area (Å²) in [6.45, 7) is 1.06. The monoisotopic (exact) mass is 489 g/mol. The Morgan fingerprint density at radius 1 is 1.00 bits per heavy atom. The molecule has 35 heavy (non-hydrogen) atoms. The van der Waals surface area contributed by atoms with Crippen LogP contribution in [0.25, 0.3) is 11.1 Å². The number of benzene rings is 3. The van der Waals surface area contributed by atoms with Crippen LogP contribution in [0.5, 0.6) is 5.75 Å². The highest BCUT2D eigenvalue weighted by Crippen LogP contribution is 2.33. The minimum atomic E-state index is -0.464. The molecule has 0 N–H and O–H groups in total. The van der Waals surface area contributed by atoms with E-state index in [9.17, 15) is 9.59 Å². The van der Waals surface area contributed by atoms with Crippen LogP contribution < -0.4 is 4.74 Å². The molecule has 3 aromatic carbocycles. The molecule has 5 nitrogen and oxygen atoms in total. The molecule has 0 atom stereocenters. The van der Waals surface area contributed by atoms with E-state index in [1.54, 1.807) is 12.1 Å². The largest absolute Gasteiger partial charge is 0.489 e. The third-order valence-corrected chi connectivity index (χ3v) is 7.29. The van der Waals surface area contributed by atoms with Crippen molar-refractivity contribution in [2.45, 2.75) is 51.3 Å². The van der Waals surface area contributed by atoms with Gasteiger partial charge >= 0.3 is 5.97 Å². The lowest BCUT2D eigenvalue weighted by atomic mass is 9.94. The maximum Gasteiger partial charge on any atom is 0.339 e. The molecule has 5 rings (SSSR count). The fourth-order valence-electron chi connectivity index (χ4n) is 5.08. The zero-order valence-electron chi connectivity index (χ0n) is 19.8. The van der Waals surface area contributed by atoms with Gasteiger partial charge in [0, 0.05) is 18.2 Å². The number of halogens is 1. The minimum absolute atomic E-state index is 0.153. The lowest BCUT2D eigenvalue weighted by Crippen LogP contribution is -2.36. The normalized spacial score (nSPS) is 15.7. The fourth-order valence-corrected chi connectivity index (χ4v) is 5.27. The van der Waals surface area contributed by atoms with Crippen molar-refractivity contribution in [3.8, 4) is 16.9 Å². The quantitative estimate of drug-likeness (QED) is 0.363. The Bertz CT molecular complexity index is 1270. The molecule has 1 aliphatic heterocycles. The number of carbonyl (C=O) groups is 2. The molecule has 0 unspecified atom stereocenters. The van der Waals surface area contributed by atoms with Gasteiger partial charge in [-0.3, -0.25) is 4.79 Å². The molecule has 1 heterocycles. The van der Waals surface area contributed by atoms with Gasteiger partial charge in [0.15, 0.2) is 0 Å². The first-order valence-electron chi connectivity index (χ1n) is 12.1. The van der Waals surface area contributed by atoms with Crippen molar-refractivity contribution in [2.24, 2.45) is 0 Å². The van der Waals surface area contributed by atoms with Gasteiger partial charge in [0.2, 0.25) is 0 Å². The van der Waals surface area contributed by atoms with Gasteiger partial charge in [-0.1, -0.05) is 55.1 Å². The Balaban J connectivity index is 1.28. The summed E-state index contributed by atoms with van der Waals surface area (Å²) in [7, 11) is 1.34. The van der Waals surface area contributed by atoms with Gasteiger partial charge in [-0.2, -0.15) is 0 Å². The molecule has 1 saturated carbocycles. The number of methoxy groups -OCH3 is 1. The number of carbonyl (C=O) groups excluding carboxylic acids is 2. The van der Waals surface area contributed by atoms with E-state index < -0.39 is 5.97 Å². The SMILES string of the molecule is COC(=O)c1cc(-c2cccc(COc3ccc4c(c3)CN(C3CCCCC3)C4=O)c2)ccc1Cl. The van der Waals surface area contributed by atoms with Gasteiger partial charge in [0.1, 0.15) is 12.4 Å². The van der Waals surface area contributed by atoms with Crippen molar-refractivity contribution in [3.05, 3.63) is 87.9 Å². The van der Waals surface area contributed by atoms with E-state index in [4.69, 9.17) is 21.1 Å². The third-order valence-electron chi connectivity index (χ3n) is 6.96. The second kappa shape index (κ2) is 10.1. The predicted molar refractivity (Wildman–Crippen MR) is 136 cm³/mol. The van der Waals surface area contributed by atoms with Crippen LogP contribution in [0.3, 0.4) is 0 Å². The van der Waals surface area contributed by atoms with Crippen LogP contribution in [0.2, 0.25) is 5.02 Å². The molecule has 0 radical (unpaired) electrons. The predicted octanol–water partition coefficient (Wildman–Crippen LogP) is 6.66. The Kier molecular flexibility index (Phi) is 6.78. The number of ether oxygens (including phenoxy) is 2. The Morgan fingerprint density at radius 3 is 2.60 bits per heavy atom. The van der Waals surface area contributed by atoms with Gasteiger partial charge in [0.25, 0.3) is 5.91 Å². The van der Waals surface area contributed by atoms with Crippen molar-refractivity contribution in [1.29, 1.82) is 0 Å². The lowest BCUT2D eigenvalue weighted by molar-refractivity contribution is 0.0600. The van der Waals surface area contributed by atoms with Crippen LogP contribution in [0.15, 0.2) is 60.7 Å². The molecule has 3 aromatic rings. The highest BCUT2D eigenvalue weighted by molar-refractivity contribution is 6.33. The number of nitrogens with zero attached hydrogens (tertiary/aromatic N) is 1. The van der Waals surface area contributed by atoms with Crippen LogP contribution in [0.1, 0.15) is 63.9 Å². The molecular weight excluding hydrogens is 462 g/mol. The average molecular weight is 490 g/mol. The van der Waals surface area contributed by atoms with Crippen molar-refractivity contribution in [2.75, 3.05) is 7.11 Å². The van der Waals surface area contributed by atoms with Gasteiger partial charge in [-0.05, 0) is 71.5 Å². The summed E-state index contributed by atoms with van der Waals surface area (Å²) in [5, 5.41) is 0.359. The van der Waals surface area contributed by atoms with Gasteiger partial charge in [-0.25, -0.2) is 4.79 Å². The van der Waals surface area contributed by atoms with Crippen LogP contribution >= 0.6 is 11.6 Å². The molecular formula is C29H28ClNO4. The van der Waals surface area contributed by atoms with Crippen LogP contribution in [0, 0.1) is 0 Å². The first-order chi connectivity index (χ1) is 17.0. The summed E-state index contributed by atoms with van der Waals surface area (Å²) in [4.78, 5) is 27.0. The zero-order valence-corrected chi connectivity index (χ0v) is 20.5. The topological polar surface area (TPSA) is 55.8 Å². The summed E-state index contributed by atoms with van der Waals surface area (Å²) < 4.78 is 10.9. The molecule has 6 heteroatoms. The van der Waals surface area contributed by atoms with E-state index in [-0.39, 0.29) is 5.91 Å².